The molecular weight excluding hydrogens is 164 g/mol. The molecule has 3 nitrogen and oxygen atoms in total. The maximum atomic E-state index is 5.04. The van der Waals surface area contributed by atoms with Gasteiger partial charge in [0.1, 0.15) is 0 Å². The lowest BCUT2D eigenvalue weighted by Crippen LogP contribution is -2.26. The Morgan fingerprint density at radius 2 is 2.38 bits per heavy atom. The normalized spacial score (nSPS) is 16.4. The summed E-state index contributed by atoms with van der Waals surface area (Å²) in [6.45, 7) is 0. The Hall–Kier alpha value is -1.25. The molecule has 0 radical (unpaired) electrons. The molecule has 0 aromatic carbocycles. The SMILES string of the molecule is COc1cc(NC2CCC2)ccn1. The van der Waals surface area contributed by atoms with E-state index in [1.165, 1.54) is 19.3 Å². The molecule has 0 amide bonds. The first kappa shape index (κ1) is 8.35. The number of methoxy groups -OCH3 is 1. The first-order valence-electron chi connectivity index (χ1n) is 4.65. The molecule has 1 fully saturated rings. The zero-order chi connectivity index (χ0) is 9.10. The number of aromatic nitrogens is 1. The molecule has 1 N–H and O–H groups in total. The Morgan fingerprint density at radius 1 is 1.54 bits per heavy atom. The molecule has 1 heterocycles. The third-order valence-corrected chi connectivity index (χ3v) is 2.42. The van der Waals surface area contributed by atoms with Gasteiger partial charge in [0.05, 0.1) is 7.11 Å². The van der Waals surface area contributed by atoms with Crippen LogP contribution in [-0.4, -0.2) is 18.1 Å². The van der Waals surface area contributed by atoms with Crippen molar-refractivity contribution >= 4 is 5.69 Å². The quantitative estimate of drug-likeness (QED) is 0.769. The summed E-state index contributed by atoms with van der Waals surface area (Å²) in [6, 6.07) is 4.56. The van der Waals surface area contributed by atoms with Gasteiger partial charge in [0.2, 0.25) is 5.88 Å². The Labute approximate surface area is 78.1 Å². The van der Waals surface area contributed by atoms with Gasteiger partial charge in [-0.05, 0) is 25.3 Å². The fraction of sp³-hybridized carbons (Fsp3) is 0.500. The number of pyridine rings is 1. The molecule has 13 heavy (non-hydrogen) atoms. The maximum Gasteiger partial charge on any atom is 0.214 e. The van der Waals surface area contributed by atoms with Crippen molar-refractivity contribution in [2.24, 2.45) is 0 Å². The highest BCUT2D eigenvalue weighted by Gasteiger charge is 2.16. The zero-order valence-electron chi connectivity index (χ0n) is 7.79. The molecule has 0 bridgehead atoms. The van der Waals surface area contributed by atoms with Crippen LogP contribution in [0.3, 0.4) is 0 Å². The van der Waals surface area contributed by atoms with E-state index in [0.717, 1.165) is 5.69 Å². The van der Waals surface area contributed by atoms with Gasteiger partial charge in [0.25, 0.3) is 0 Å². The summed E-state index contributed by atoms with van der Waals surface area (Å²) in [4.78, 5) is 4.05. The highest BCUT2D eigenvalue weighted by molar-refractivity contribution is 5.46. The molecule has 1 aromatic heterocycles. The molecule has 70 valence electrons. The number of ether oxygens (including phenoxy) is 1. The molecule has 1 aromatic rings. The molecule has 1 aliphatic rings. The monoisotopic (exact) mass is 178 g/mol. The van der Waals surface area contributed by atoms with Gasteiger partial charge in [0, 0.05) is 24.0 Å². The van der Waals surface area contributed by atoms with Crippen LogP contribution in [0.2, 0.25) is 0 Å². The van der Waals surface area contributed by atoms with Crippen molar-refractivity contribution in [2.75, 3.05) is 12.4 Å². The molecular formula is C10H14N2O. The van der Waals surface area contributed by atoms with Gasteiger partial charge in [-0.1, -0.05) is 0 Å². The van der Waals surface area contributed by atoms with E-state index in [1.54, 1.807) is 13.3 Å². The summed E-state index contributed by atoms with van der Waals surface area (Å²) < 4.78 is 5.04. The molecule has 0 unspecified atom stereocenters. The first-order chi connectivity index (χ1) is 6.38. The lowest BCUT2D eigenvalue weighted by Gasteiger charge is -2.27. The fourth-order valence-corrected chi connectivity index (χ4v) is 1.40. The standard InChI is InChI=1S/C10H14N2O/c1-13-10-7-9(5-6-11-10)12-8-3-2-4-8/h5-8H,2-4H2,1H3,(H,11,12). The number of hydrogen-bond acceptors (Lipinski definition) is 3. The predicted octanol–water partition coefficient (Wildman–Crippen LogP) is 2.05. The molecule has 0 aliphatic heterocycles. The van der Waals surface area contributed by atoms with Crippen molar-refractivity contribution < 1.29 is 4.74 Å². The minimum atomic E-state index is 0.659. The van der Waals surface area contributed by atoms with E-state index in [0.29, 0.717) is 11.9 Å². The summed E-state index contributed by atoms with van der Waals surface area (Å²) >= 11 is 0. The van der Waals surface area contributed by atoms with Gasteiger partial charge in [-0.3, -0.25) is 0 Å². The Bertz CT molecular complexity index is 284. The van der Waals surface area contributed by atoms with E-state index in [-0.39, 0.29) is 0 Å². The maximum absolute atomic E-state index is 5.04. The molecule has 1 aliphatic carbocycles. The highest BCUT2D eigenvalue weighted by atomic mass is 16.5. The first-order valence-corrected chi connectivity index (χ1v) is 4.65. The van der Waals surface area contributed by atoms with Crippen LogP contribution in [0.5, 0.6) is 5.88 Å². The third-order valence-electron chi connectivity index (χ3n) is 2.42. The van der Waals surface area contributed by atoms with Crippen LogP contribution in [0.4, 0.5) is 5.69 Å². The second-order valence-electron chi connectivity index (χ2n) is 3.36. The van der Waals surface area contributed by atoms with Crippen LogP contribution in [0, 0.1) is 0 Å². The Morgan fingerprint density at radius 3 is 3.00 bits per heavy atom. The topological polar surface area (TPSA) is 34.1 Å². The van der Waals surface area contributed by atoms with E-state index < -0.39 is 0 Å². The summed E-state index contributed by atoms with van der Waals surface area (Å²) in [5, 5.41) is 3.43. The van der Waals surface area contributed by atoms with Crippen molar-refractivity contribution in [2.45, 2.75) is 25.3 Å². The number of anilines is 1. The predicted molar refractivity (Wildman–Crippen MR) is 52.1 cm³/mol. The average Bonchev–Trinajstić information content (AvgIpc) is 2.12. The van der Waals surface area contributed by atoms with Gasteiger partial charge in [-0.25, -0.2) is 4.98 Å². The van der Waals surface area contributed by atoms with E-state index in [9.17, 15) is 0 Å². The number of rotatable bonds is 3. The molecule has 1 saturated carbocycles. The van der Waals surface area contributed by atoms with Crippen molar-refractivity contribution in [3.8, 4) is 5.88 Å². The van der Waals surface area contributed by atoms with Crippen LogP contribution in [0.1, 0.15) is 19.3 Å². The van der Waals surface area contributed by atoms with Crippen LogP contribution in [-0.2, 0) is 0 Å². The molecule has 0 atom stereocenters. The second kappa shape index (κ2) is 3.64. The largest absolute Gasteiger partial charge is 0.481 e. The van der Waals surface area contributed by atoms with Crippen LogP contribution >= 0.6 is 0 Å². The second-order valence-corrected chi connectivity index (χ2v) is 3.36. The van der Waals surface area contributed by atoms with Gasteiger partial charge >= 0.3 is 0 Å². The number of nitrogens with zero attached hydrogens (tertiary/aromatic N) is 1. The lowest BCUT2D eigenvalue weighted by molar-refractivity contribution is 0.397. The summed E-state index contributed by atoms with van der Waals surface area (Å²) in [5.41, 5.74) is 1.11. The summed E-state index contributed by atoms with van der Waals surface area (Å²) in [7, 11) is 1.63. The van der Waals surface area contributed by atoms with E-state index in [4.69, 9.17) is 4.74 Å². The average molecular weight is 178 g/mol. The van der Waals surface area contributed by atoms with Crippen LogP contribution in [0.15, 0.2) is 18.3 Å². The highest BCUT2D eigenvalue weighted by Crippen LogP contribution is 2.24. The van der Waals surface area contributed by atoms with E-state index in [1.807, 2.05) is 12.1 Å². The minimum absolute atomic E-state index is 0.659. The molecule has 2 rings (SSSR count). The summed E-state index contributed by atoms with van der Waals surface area (Å²) in [5.74, 6) is 0.671. The van der Waals surface area contributed by atoms with Crippen molar-refractivity contribution in [3.05, 3.63) is 18.3 Å². The van der Waals surface area contributed by atoms with E-state index >= 15 is 0 Å². The van der Waals surface area contributed by atoms with Crippen molar-refractivity contribution in [3.63, 3.8) is 0 Å². The molecule has 0 spiro atoms. The third kappa shape index (κ3) is 1.91. The fourth-order valence-electron chi connectivity index (χ4n) is 1.40. The smallest absolute Gasteiger partial charge is 0.214 e. The molecule has 3 heteroatoms. The van der Waals surface area contributed by atoms with Crippen LogP contribution in [0.25, 0.3) is 0 Å². The minimum Gasteiger partial charge on any atom is -0.481 e. The zero-order valence-corrected chi connectivity index (χ0v) is 7.79. The Balaban J connectivity index is 2.01. The lowest BCUT2D eigenvalue weighted by atomic mass is 9.93. The van der Waals surface area contributed by atoms with Gasteiger partial charge in [-0.2, -0.15) is 0 Å². The van der Waals surface area contributed by atoms with Gasteiger partial charge in [-0.15, -0.1) is 0 Å². The van der Waals surface area contributed by atoms with Crippen molar-refractivity contribution in [1.82, 2.24) is 4.98 Å². The molecule has 0 saturated heterocycles. The Kier molecular flexibility index (Phi) is 2.34. The van der Waals surface area contributed by atoms with Crippen LogP contribution < -0.4 is 10.1 Å². The summed E-state index contributed by atoms with van der Waals surface area (Å²) in [6.07, 6.45) is 5.68. The van der Waals surface area contributed by atoms with Crippen molar-refractivity contribution in [1.29, 1.82) is 0 Å². The number of hydrogen-bond donors (Lipinski definition) is 1. The van der Waals surface area contributed by atoms with Gasteiger partial charge in [0.15, 0.2) is 0 Å². The van der Waals surface area contributed by atoms with E-state index in [2.05, 4.69) is 10.3 Å². The van der Waals surface area contributed by atoms with Gasteiger partial charge < -0.3 is 10.1 Å². The number of nitrogens with one attached hydrogen (secondary N) is 1.